The first-order valence-electron chi connectivity index (χ1n) is 3.98. The number of aromatic nitrogens is 1. The van der Waals surface area contributed by atoms with Crippen LogP contribution in [0.3, 0.4) is 0 Å². The van der Waals surface area contributed by atoms with E-state index in [1.165, 1.54) is 0 Å². The van der Waals surface area contributed by atoms with Gasteiger partial charge in [-0.15, -0.1) is 11.3 Å². The van der Waals surface area contributed by atoms with E-state index in [9.17, 15) is 8.78 Å². The van der Waals surface area contributed by atoms with Crippen molar-refractivity contribution in [2.75, 3.05) is 6.61 Å². The second kappa shape index (κ2) is 3.25. The van der Waals surface area contributed by atoms with Crippen molar-refractivity contribution >= 4 is 21.6 Å². The van der Waals surface area contributed by atoms with E-state index >= 15 is 0 Å². The number of rotatable bonds is 2. The van der Waals surface area contributed by atoms with Gasteiger partial charge in [-0.3, -0.25) is 0 Å². The van der Waals surface area contributed by atoms with Crippen molar-refractivity contribution < 1.29 is 13.9 Å². The fraction of sp³-hybridized carbons (Fsp3) is 0.222. The molecule has 2 rings (SSSR count). The number of thiazole rings is 1. The summed E-state index contributed by atoms with van der Waals surface area (Å²) in [5.74, 6) is -3.23. The van der Waals surface area contributed by atoms with Gasteiger partial charge in [0.05, 0.1) is 10.2 Å². The summed E-state index contributed by atoms with van der Waals surface area (Å²) in [5.41, 5.74) is 0.542. The van der Waals surface area contributed by atoms with E-state index in [0.29, 0.717) is 10.2 Å². The third-order valence-corrected chi connectivity index (χ3v) is 2.95. The lowest BCUT2D eigenvalue weighted by atomic mass is 10.3. The van der Waals surface area contributed by atoms with Crippen molar-refractivity contribution in [1.29, 1.82) is 0 Å². The topological polar surface area (TPSA) is 33.1 Å². The van der Waals surface area contributed by atoms with Gasteiger partial charge in [0.2, 0.25) is 0 Å². The highest BCUT2D eigenvalue weighted by Crippen LogP contribution is 2.33. The highest BCUT2D eigenvalue weighted by atomic mass is 32.1. The van der Waals surface area contributed by atoms with Gasteiger partial charge in [0.25, 0.3) is 0 Å². The molecule has 0 amide bonds. The van der Waals surface area contributed by atoms with Crippen LogP contribution >= 0.6 is 11.3 Å². The molecule has 0 fully saturated rings. The molecule has 0 aliphatic rings. The molecule has 1 N–H and O–H groups in total. The molecule has 0 saturated carbocycles. The Bertz CT molecular complexity index is 422. The van der Waals surface area contributed by atoms with E-state index < -0.39 is 12.5 Å². The van der Waals surface area contributed by atoms with Crippen molar-refractivity contribution in [3.05, 3.63) is 29.3 Å². The highest BCUT2D eigenvalue weighted by Gasteiger charge is 2.34. The Morgan fingerprint density at radius 1 is 1.36 bits per heavy atom. The van der Waals surface area contributed by atoms with Gasteiger partial charge in [-0.05, 0) is 12.1 Å². The zero-order valence-electron chi connectivity index (χ0n) is 7.08. The first kappa shape index (κ1) is 9.48. The van der Waals surface area contributed by atoms with E-state index in [4.69, 9.17) is 5.11 Å². The lowest BCUT2D eigenvalue weighted by molar-refractivity contribution is -0.0555. The summed E-state index contributed by atoms with van der Waals surface area (Å²) < 4.78 is 26.7. The van der Waals surface area contributed by atoms with Crippen molar-refractivity contribution in [2.24, 2.45) is 0 Å². The van der Waals surface area contributed by atoms with Crippen LogP contribution in [0.15, 0.2) is 24.3 Å². The molecule has 0 unspecified atom stereocenters. The standard InChI is InChI=1S/C9H7F2NOS/c10-9(11,5-13)8-12-6-3-1-2-4-7(6)14-8/h1-4,13H,5H2. The Balaban J connectivity index is 2.55. The van der Waals surface area contributed by atoms with Crippen LogP contribution in [0.5, 0.6) is 0 Å². The lowest BCUT2D eigenvalue weighted by Crippen LogP contribution is -2.17. The Hall–Kier alpha value is -1.07. The summed E-state index contributed by atoms with van der Waals surface area (Å²) in [6, 6.07) is 6.90. The quantitative estimate of drug-likeness (QED) is 0.834. The average molecular weight is 215 g/mol. The molecular weight excluding hydrogens is 208 g/mol. The predicted molar refractivity (Wildman–Crippen MR) is 50.6 cm³/mol. The molecular formula is C9H7F2NOS. The first-order chi connectivity index (χ1) is 6.63. The molecule has 0 aliphatic heterocycles. The molecule has 1 aromatic carbocycles. The summed E-state index contributed by atoms with van der Waals surface area (Å²) in [6.07, 6.45) is 0. The summed E-state index contributed by atoms with van der Waals surface area (Å²) in [5, 5.41) is 8.16. The molecule has 14 heavy (non-hydrogen) atoms. The summed E-state index contributed by atoms with van der Waals surface area (Å²) in [6.45, 7) is -1.20. The molecule has 2 nitrogen and oxygen atoms in total. The maximum absolute atomic E-state index is 13.0. The molecule has 0 saturated heterocycles. The van der Waals surface area contributed by atoms with Gasteiger partial charge in [-0.1, -0.05) is 12.1 Å². The molecule has 5 heteroatoms. The molecule has 1 heterocycles. The van der Waals surface area contributed by atoms with E-state index in [1.807, 2.05) is 0 Å². The van der Waals surface area contributed by atoms with E-state index in [-0.39, 0.29) is 5.01 Å². The molecule has 0 aliphatic carbocycles. The minimum atomic E-state index is -3.23. The van der Waals surface area contributed by atoms with Crippen LogP contribution in [0.25, 0.3) is 10.2 Å². The second-order valence-corrected chi connectivity index (χ2v) is 3.88. The fourth-order valence-corrected chi connectivity index (χ4v) is 2.03. The maximum Gasteiger partial charge on any atom is 0.321 e. The molecule has 0 bridgehead atoms. The van der Waals surface area contributed by atoms with Crippen molar-refractivity contribution in [3.8, 4) is 0 Å². The Morgan fingerprint density at radius 2 is 2.07 bits per heavy atom. The lowest BCUT2D eigenvalue weighted by Gasteiger charge is -2.07. The van der Waals surface area contributed by atoms with Gasteiger partial charge in [0.15, 0.2) is 5.01 Å². The third-order valence-electron chi connectivity index (χ3n) is 1.81. The van der Waals surface area contributed by atoms with Gasteiger partial charge in [0.1, 0.15) is 6.61 Å². The number of nitrogens with zero attached hydrogens (tertiary/aromatic N) is 1. The monoisotopic (exact) mass is 215 g/mol. The van der Waals surface area contributed by atoms with Gasteiger partial charge in [-0.25, -0.2) is 4.98 Å². The van der Waals surface area contributed by atoms with Crippen molar-refractivity contribution in [1.82, 2.24) is 4.98 Å². The number of alkyl halides is 2. The van der Waals surface area contributed by atoms with Crippen LogP contribution in [-0.4, -0.2) is 16.7 Å². The van der Waals surface area contributed by atoms with Crippen LogP contribution in [-0.2, 0) is 5.92 Å². The number of aliphatic hydroxyl groups is 1. The van der Waals surface area contributed by atoms with Crippen molar-refractivity contribution in [2.45, 2.75) is 5.92 Å². The zero-order chi connectivity index (χ0) is 10.2. The first-order valence-corrected chi connectivity index (χ1v) is 4.80. The van der Waals surface area contributed by atoms with Gasteiger partial charge < -0.3 is 5.11 Å². The number of hydrogen-bond acceptors (Lipinski definition) is 3. The minimum Gasteiger partial charge on any atom is -0.390 e. The molecule has 0 spiro atoms. The highest BCUT2D eigenvalue weighted by molar-refractivity contribution is 7.18. The summed E-state index contributed by atoms with van der Waals surface area (Å²) in [7, 11) is 0. The number of benzene rings is 1. The largest absolute Gasteiger partial charge is 0.390 e. The molecule has 0 radical (unpaired) electrons. The van der Waals surface area contributed by atoms with Gasteiger partial charge in [-0.2, -0.15) is 8.78 Å². The molecule has 74 valence electrons. The zero-order valence-corrected chi connectivity index (χ0v) is 7.89. The SMILES string of the molecule is OCC(F)(F)c1nc2ccccc2s1. The average Bonchev–Trinajstić information content (AvgIpc) is 2.61. The van der Waals surface area contributed by atoms with Crippen LogP contribution in [0.4, 0.5) is 8.78 Å². The van der Waals surface area contributed by atoms with E-state index in [2.05, 4.69) is 4.98 Å². The van der Waals surface area contributed by atoms with Gasteiger partial charge >= 0.3 is 5.92 Å². The maximum atomic E-state index is 13.0. The second-order valence-electron chi connectivity index (χ2n) is 2.85. The number of aliphatic hydroxyl groups excluding tert-OH is 1. The van der Waals surface area contributed by atoms with Crippen LogP contribution < -0.4 is 0 Å². The summed E-state index contributed by atoms with van der Waals surface area (Å²) in [4.78, 5) is 3.76. The Morgan fingerprint density at radius 3 is 2.71 bits per heavy atom. The van der Waals surface area contributed by atoms with Gasteiger partial charge in [0, 0.05) is 0 Å². The number of halogens is 2. The van der Waals surface area contributed by atoms with E-state index in [1.54, 1.807) is 24.3 Å². The normalized spacial score (nSPS) is 12.2. The Kier molecular flexibility index (Phi) is 2.20. The predicted octanol–water partition coefficient (Wildman–Crippen LogP) is 2.38. The molecule has 0 atom stereocenters. The van der Waals surface area contributed by atoms with Crippen LogP contribution in [0, 0.1) is 0 Å². The Labute approximate surface area is 82.8 Å². The molecule has 2 aromatic rings. The van der Waals surface area contributed by atoms with Crippen LogP contribution in [0.2, 0.25) is 0 Å². The third kappa shape index (κ3) is 1.49. The molecule has 1 aromatic heterocycles. The van der Waals surface area contributed by atoms with Crippen LogP contribution in [0.1, 0.15) is 5.01 Å². The van der Waals surface area contributed by atoms with Crippen molar-refractivity contribution in [3.63, 3.8) is 0 Å². The smallest absolute Gasteiger partial charge is 0.321 e. The summed E-state index contributed by atoms with van der Waals surface area (Å²) >= 11 is 0.908. The fourth-order valence-electron chi connectivity index (χ4n) is 1.10. The number of fused-ring (bicyclic) bond motifs is 1. The minimum absolute atomic E-state index is 0.332. The number of para-hydroxylation sites is 1. The van der Waals surface area contributed by atoms with E-state index in [0.717, 1.165) is 11.3 Å². The number of hydrogen-bond donors (Lipinski definition) is 1.